The van der Waals surface area contributed by atoms with Gasteiger partial charge in [-0.1, -0.05) is 6.07 Å². The molecule has 0 bridgehead atoms. The molecule has 0 spiro atoms. The first kappa shape index (κ1) is 14.2. The smallest absolute Gasteiger partial charge is 0.234 e. The van der Waals surface area contributed by atoms with Gasteiger partial charge in [0.1, 0.15) is 6.42 Å². The highest BCUT2D eigenvalue weighted by Gasteiger charge is 2.08. The van der Waals surface area contributed by atoms with Crippen LogP contribution in [0, 0.1) is 39.0 Å². The minimum Gasteiger partial charge on any atom is -0.355 e. The van der Waals surface area contributed by atoms with Gasteiger partial charge < -0.3 is 5.32 Å². The first-order chi connectivity index (χ1) is 8.47. The van der Waals surface area contributed by atoms with Gasteiger partial charge in [0, 0.05) is 6.54 Å². The number of benzene rings is 1. The second-order valence-corrected chi connectivity index (χ2v) is 4.67. The van der Waals surface area contributed by atoms with Crippen molar-refractivity contribution in [3.05, 3.63) is 33.9 Å². The van der Waals surface area contributed by atoms with E-state index in [9.17, 15) is 4.79 Å². The average molecular weight is 244 g/mol. The molecular formula is C15H20N2O. The number of amides is 1. The Morgan fingerprint density at radius 3 is 2.28 bits per heavy atom. The van der Waals surface area contributed by atoms with E-state index in [-0.39, 0.29) is 12.3 Å². The van der Waals surface area contributed by atoms with Gasteiger partial charge in [0.2, 0.25) is 5.91 Å². The normalized spacial score (nSPS) is 9.94. The summed E-state index contributed by atoms with van der Waals surface area (Å²) in [6, 6.07) is 4.04. The second-order valence-electron chi connectivity index (χ2n) is 4.67. The summed E-state index contributed by atoms with van der Waals surface area (Å²) in [6.07, 6.45) is 0.752. The Morgan fingerprint density at radius 2 is 1.78 bits per heavy atom. The molecule has 0 unspecified atom stereocenters. The molecule has 1 N–H and O–H groups in total. The van der Waals surface area contributed by atoms with Crippen molar-refractivity contribution < 1.29 is 4.79 Å². The number of carbonyl (C=O) groups excluding carboxylic acids is 1. The van der Waals surface area contributed by atoms with Crippen LogP contribution in [0.2, 0.25) is 0 Å². The summed E-state index contributed by atoms with van der Waals surface area (Å²) in [5.41, 5.74) is 6.48. The van der Waals surface area contributed by atoms with E-state index in [4.69, 9.17) is 5.26 Å². The fraction of sp³-hybridized carbons (Fsp3) is 0.467. The molecule has 1 aromatic carbocycles. The summed E-state index contributed by atoms with van der Waals surface area (Å²) < 4.78 is 0. The van der Waals surface area contributed by atoms with Gasteiger partial charge in [-0.25, -0.2) is 0 Å². The predicted molar refractivity (Wildman–Crippen MR) is 72.3 cm³/mol. The van der Waals surface area contributed by atoms with Crippen molar-refractivity contribution >= 4 is 5.91 Å². The monoisotopic (exact) mass is 244 g/mol. The van der Waals surface area contributed by atoms with Gasteiger partial charge in [0.15, 0.2) is 0 Å². The van der Waals surface area contributed by atoms with E-state index in [0.29, 0.717) is 6.54 Å². The maximum Gasteiger partial charge on any atom is 0.234 e. The van der Waals surface area contributed by atoms with E-state index >= 15 is 0 Å². The minimum absolute atomic E-state index is 0.0647. The summed E-state index contributed by atoms with van der Waals surface area (Å²) in [4.78, 5) is 11.2. The number of carbonyl (C=O) groups is 1. The Kier molecular flexibility index (Phi) is 4.91. The van der Waals surface area contributed by atoms with Crippen molar-refractivity contribution in [3.8, 4) is 6.07 Å². The van der Waals surface area contributed by atoms with Gasteiger partial charge >= 0.3 is 0 Å². The van der Waals surface area contributed by atoms with E-state index in [1.807, 2.05) is 6.07 Å². The Bertz CT molecular complexity index is 472. The Morgan fingerprint density at radius 1 is 1.22 bits per heavy atom. The molecule has 96 valence electrons. The van der Waals surface area contributed by atoms with Crippen LogP contribution < -0.4 is 5.32 Å². The molecule has 0 aliphatic rings. The van der Waals surface area contributed by atoms with Crippen LogP contribution in [0.3, 0.4) is 0 Å². The van der Waals surface area contributed by atoms with E-state index < -0.39 is 0 Å². The van der Waals surface area contributed by atoms with Gasteiger partial charge in [-0.3, -0.25) is 4.79 Å². The molecule has 1 aromatic rings. The lowest BCUT2D eigenvalue weighted by molar-refractivity contribution is -0.120. The third-order valence-electron chi connectivity index (χ3n) is 3.46. The predicted octanol–water partition coefficient (Wildman–Crippen LogP) is 2.49. The van der Waals surface area contributed by atoms with Crippen molar-refractivity contribution in [2.75, 3.05) is 6.54 Å². The third-order valence-corrected chi connectivity index (χ3v) is 3.46. The van der Waals surface area contributed by atoms with Crippen LogP contribution in [0.25, 0.3) is 0 Å². The van der Waals surface area contributed by atoms with Crippen LogP contribution in [0.1, 0.15) is 34.2 Å². The molecule has 18 heavy (non-hydrogen) atoms. The van der Waals surface area contributed by atoms with Crippen molar-refractivity contribution in [2.24, 2.45) is 0 Å². The number of aryl methyl sites for hydroxylation is 2. The fourth-order valence-corrected chi connectivity index (χ4v) is 2.13. The molecule has 1 rings (SSSR count). The summed E-state index contributed by atoms with van der Waals surface area (Å²) in [6.45, 7) is 9.05. The first-order valence-corrected chi connectivity index (χ1v) is 6.17. The number of nitriles is 1. The molecular weight excluding hydrogens is 224 g/mol. The van der Waals surface area contributed by atoms with Crippen LogP contribution in [0.5, 0.6) is 0 Å². The van der Waals surface area contributed by atoms with Gasteiger partial charge in [-0.15, -0.1) is 0 Å². The van der Waals surface area contributed by atoms with Gasteiger partial charge in [0.25, 0.3) is 0 Å². The van der Waals surface area contributed by atoms with Crippen molar-refractivity contribution in [3.63, 3.8) is 0 Å². The molecule has 0 aromatic heterocycles. The van der Waals surface area contributed by atoms with Crippen LogP contribution in [-0.2, 0) is 11.2 Å². The quantitative estimate of drug-likeness (QED) is 0.884. The first-order valence-electron chi connectivity index (χ1n) is 6.17. The zero-order chi connectivity index (χ0) is 13.7. The number of rotatable bonds is 4. The molecule has 0 atom stereocenters. The van der Waals surface area contributed by atoms with E-state index in [1.165, 1.54) is 27.8 Å². The summed E-state index contributed by atoms with van der Waals surface area (Å²) in [5, 5.41) is 11.2. The molecule has 0 saturated heterocycles. The molecule has 0 saturated carbocycles. The Labute approximate surface area is 109 Å². The van der Waals surface area contributed by atoms with Crippen LogP contribution >= 0.6 is 0 Å². The zero-order valence-electron chi connectivity index (χ0n) is 11.6. The number of nitrogens with zero attached hydrogens (tertiary/aromatic N) is 1. The van der Waals surface area contributed by atoms with Crippen molar-refractivity contribution in [1.82, 2.24) is 5.32 Å². The van der Waals surface area contributed by atoms with E-state index in [1.54, 1.807) is 0 Å². The lowest BCUT2D eigenvalue weighted by Gasteiger charge is -2.15. The SMILES string of the molecule is Cc1cc(C)c(C)c(CCNC(=O)CC#N)c1C. The van der Waals surface area contributed by atoms with E-state index in [2.05, 4.69) is 39.1 Å². The van der Waals surface area contributed by atoms with E-state index in [0.717, 1.165) is 6.42 Å². The molecule has 3 heteroatoms. The zero-order valence-corrected chi connectivity index (χ0v) is 11.6. The highest BCUT2D eigenvalue weighted by Crippen LogP contribution is 2.21. The largest absolute Gasteiger partial charge is 0.355 e. The lowest BCUT2D eigenvalue weighted by atomic mass is 9.92. The summed E-state index contributed by atoms with van der Waals surface area (Å²) in [7, 11) is 0. The summed E-state index contributed by atoms with van der Waals surface area (Å²) in [5.74, 6) is -0.197. The highest BCUT2D eigenvalue weighted by molar-refractivity contribution is 5.77. The minimum atomic E-state index is -0.197. The number of nitrogens with one attached hydrogen (secondary N) is 1. The Balaban J connectivity index is 2.74. The van der Waals surface area contributed by atoms with Gasteiger partial charge in [0.05, 0.1) is 6.07 Å². The molecule has 0 aliphatic carbocycles. The van der Waals surface area contributed by atoms with Gasteiger partial charge in [-0.05, 0) is 61.9 Å². The molecule has 1 amide bonds. The van der Waals surface area contributed by atoms with Crippen LogP contribution in [-0.4, -0.2) is 12.5 Å². The molecule has 0 fully saturated rings. The lowest BCUT2D eigenvalue weighted by Crippen LogP contribution is -2.25. The maximum atomic E-state index is 11.2. The third kappa shape index (κ3) is 3.33. The standard InChI is InChI=1S/C15H20N2O/c1-10-9-11(2)13(4)14(12(10)3)6-8-17-15(18)5-7-16/h9H,5-6,8H2,1-4H3,(H,17,18). The Hall–Kier alpha value is -1.82. The van der Waals surface area contributed by atoms with Crippen molar-refractivity contribution in [1.29, 1.82) is 5.26 Å². The molecule has 3 nitrogen and oxygen atoms in total. The summed E-state index contributed by atoms with van der Waals surface area (Å²) >= 11 is 0. The van der Waals surface area contributed by atoms with Gasteiger partial charge in [-0.2, -0.15) is 5.26 Å². The fourth-order valence-electron chi connectivity index (χ4n) is 2.13. The second kappa shape index (κ2) is 6.20. The number of hydrogen-bond acceptors (Lipinski definition) is 2. The molecule has 0 aliphatic heterocycles. The maximum absolute atomic E-state index is 11.2. The molecule has 0 radical (unpaired) electrons. The van der Waals surface area contributed by atoms with Crippen LogP contribution in [0.15, 0.2) is 6.07 Å². The topological polar surface area (TPSA) is 52.9 Å². The average Bonchev–Trinajstić information content (AvgIpc) is 2.31. The molecule has 0 heterocycles. The highest BCUT2D eigenvalue weighted by atomic mass is 16.1. The number of hydrogen-bond donors (Lipinski definition) is 1. The van der Waals surface area contributed by atoms with Crippen LogP contribution in [0.4, 0.5) is 0 Å². The van der Waals surface area contributed by atoms with Crippen molar-refractivity contribution in [2.45, 2.75) is 40.5 Å².